The number of hydrogen-bond donors (Lipinski definition) is 0. The summed E-state index contributed by atoms with van der Waals surface area (Å²) >= 11 is 5.63. The summed E-state index contributed by atoms with van der Waals surface area (Å²) in [6, 6.07) is 0.290. The molecule has 1 aromatic rings. The third-order valence-electron chi connectivity index (χ3n) is 2.90. The molecule has 2 rings (SSSR count). The van der Waals surface area contributed by atoms with Crippen LogP contribution in [0.4, 0.5) is 0 Å². The van der Waals surface area contributed by atoms with Crippen LogP contribution in [0.2, 0.25) is 5.15 Å². The normalized spacial score (nSPS) is 20.9. The Bertz CT molecular complexity index is 379. The summed E-state index contributed by atoms with van der Waals surface area (Å²) in [4.78, 5) is 21.8. The van der Waals surface area contributed by atoms with Gasteiger partial charge in [-0.2, -0.15) is 0 Å². The van der Waals surface area contributed by atoms with E-state index in [0.29, 0.717) is 16.9 Å². The number of likely N-dealkylation sites (tertiary alicyclic amines) is 1. The van der Waals surface area contributed by atoms with Crippen LogP contribution >= 0.6 is 11.6 Å². The molecule has 1 aliphatic rings. The molecule has 0 aromatic carbocycles. The van der Waals surface area contributed by atoms with Crippen LogP contribution < -0.4 is 0 Å². The molecule has 0 aliphatic carbocycles. The number of amides is 1. The first-order chi connectivity index (χ1) is 7.68. The molecule has 1 unspecified atom stereocenters. The molecule has 1 aliphatic heterocycles. The first kappa shape index (κ1) is 11.3. The van der Waals surface area contributed by atoms with E-state index in [0.717, 1.165) is 19.4 Å². The number of hydrogen-bond acceptors (Lipinski definition) is 3. The lowest BCUT2D eigenvalue weighted by Crippen LogP contribution is -2.42. The average Bonchev–Trinajstić information content (AvgIpc) is 2.30. The maximum absolute atomic E-state index is 12.1. The van der Waals surface area contributed by atoms with Crippen LogP contribution in [0.25, 0.3) is 0 Å². The monoisotopic (exact) mass is 239 g/mol. The van der Waals surface area contributed by atoms with Gasteiger partial charge in [0.05, 0.1) is 12.4 Å². The molecule has 4 nitrogen and oxygen atoms in total. The Balaban J connectivity index is 2.14. The molecule has 0 spiro atoms. The average molecular weight is 240 g/mol. The molecular weight excluding hydrogens is 226 g/mol. The van der Waals surface area contributed by atoms with Crippen molar-refractivity contribution in [1.29, 1.82) is 0 Å². The van der Waals surface area contributed by atoms with Crippen LogP contribution in [0.5, 0.6) is 0 Å². The fraction of sp³-hybridized carbons (Fsp3) is 0.545. The number of carbonyl (C=O) groups is 1. The minimum absolute atomic E-state index is 0.0450. The Kier molecular flexibility index (Phi) is 3.39. The topological polar surface area (TPSA) is 46.1 Å². The molecule has 0 N–H and O–H groups in total. The van der Waals surface area contributed by atoms with E-state index >= 15 is 0 Å². The lowest BCUT2D eigenvalue weighted by Gasteiger charge is -2.33. The number of aromatic nitrogens is 2. The number of carbonyl (C=O) groups excluding carboxylic acids is 1. The summed E-state index contributed by atoms with van der Waals surface area (Å²) in [6.07, 6.45) is 6.16. The summed E-state index contributed by atoms with van der Waals surface area (Å²) in [5, 5.41) is 0.309. The second kappa shape index (κ2) is 4.78. The van der Waals surface area contributed by atoms with Gasteiger partial charge in [0, 0.05) is 12.6 Å². The summed E-state index contributed by atoms with van der Waals surface area (Å²) in [6.45, 7) is 2.88. The van der Waals surface area contributed by atoms with E-state index in [-0.39, 0.29) is 5.91 Å². The lowest BCUT2D eigenvalue weighted by atomic mass is 10.0. The highest BCUT2D eigenvalue weighted by molar-refractivity contribution is 6.29. The van der Waals surface area contributed by atoms with Gasteiger partial charge in [0.2, 0.25) is 0 Å². The molecule has 0 saturated carbocycles. The van der Waals surface area contributed by atoms with E-state index in [1.165, 1.54) is 18.8 Å². The molecule has 2 heterocycles. The summed E-state index contributed by atoms with van der Waals surface area (Å²) in [5.41, 5.74) is 0.373. The minimum Gasteiger partial charge on any atom is -0.335 e. The Morgan fingerprint density at radius 2 is 2.25 bits per heavy atom. The van der Waals surface area contributed by atoms with E-state index in [1.54, 1.807) is 0 Å². The summed E-state index contributed by atoms with van der Waals surface area (Å²) < 4.78 is 0. The maximum atomic E-state index is 12.1. The Labute approximate surface area is 99.6 Å². The zero-order valence-electron chi connectivity index (χ0n) is 9.19. The van der Waals surface area contributed by atoms with Crippen LogP contribution in [-0.2, 0) is 0 Å². The van der Waals surface area contributed by atoms with Gasteiger partial charge in [-0.3, -0.25) is 4.79 Å². The predicted molar refractivity (Wildman–Crippen MR) is 61.4 cm³/mol. The van der Waals surface area contributed by atoms with Crippen molar-refractivity contribution in [2.75, 3.05) is 6.54 Å². The number of rotatable bonds is 1. The highest BCUT2D eigenvalue weighted by Crippen LogP contribution is 2.18. The van der Waals surface area contributed by atoms with Gasteiger partial charge in [0.15, 0.2) is 0 Å². The van der Waals surface area contributed by atoms with Crippen molar-refractivity contribution in [1.82, 2.24) is 14.9 Å². The van der Waals surface area contributed by atoms with Crippen LogP contribution in [0.1, 0.15) is 36.7 Å². The Morgan fingerprint density at radius 1 is 1.44 bits per heavy atom. The number of halogens is 1. The van der Waals surface area contributed by atoms with Crippen LogP contribution in [0.3, 0.4) is 0 Å². The lowest BCUT2D eigenvalue weighted by molar-refractivity contribution is 0.0629. The third-order valence-corrected chi connectivity index (χ3v) is 3.10. The van der Waals surface area contributed by atoms with Gasteiger partial charge in [0.1, 0.15) is 10.8 Å². The van der Waals surface area contributed by atoms with Crippen molar-refractivity contribution >= 4 is 17.5 Å². The van der Waals surface area contributed by atoms with E-state index in [9.17, 15) is 4.79 Å². The van der Waals surface area contributed by atoms with E-state index in [1.807, 2.05) is 4.90 Å². The van der Waals surface area contributed by atoms with Gasteiger partial charge in [-0.05, 0) is 26.2 Å². The van der Waals surface area contributed by atoms with Gasteiger partial charge < -0.3 is 4.90 Å². The highest BCUT2D eigenvalue weighted by atomic mass is 35.5. The van der Waals surface area contributed by atoms with Gasteiger partial charge in [-0.1, -0.05) is 11.6 Å². The smallest absolute Gasteiger partial charge is 0.274 e. The zero-order valence-corrected chi connectivity index (χ0v) is 9.94. The van der Waals surface area contributed by atoms with Crippen molar-refractivity contribution in [2.45, 2.75) is 32.2 Å². The van der Waals surface area contributed by atoms with Gasteiger partial charge >= 0.3 is 0 Å². The van der Waals surface area contributed by atoms with Gasteiger partial charge in [-0.25, -0.2) is 9.97 Å². The zero-order chi connectivity index (χ0) is 11.5. The second-order valence-corrected chi connectivity index (χ2v) is 4.45. The van der Waals surface area contributed by atoms with Gasteiger partial charge in [-0.15, -0.1) is 0 Å². The van der Waals surface area contributed by atoms with E-state index in [4.69, 9.17) is 11.6 Å². The third kappa shape index (κ3) is 2.32. The van der Waals surface area contributed by atoms with Crippen LogP contribution in [0.15, 0.2) is 12.4 Å². The molecule has 16 heavy (non-hydrogen) atoms. The quantitative estimate of drug-likeness (QED) is 0.754. The first-order valence-corrected chi connectivity index (χ1v) is 5.85. The standard InChI is InChI=1S/C11H14ClN3O/c1-8-4-2-3-5-15(8)11(16)9-6-14-10(12)7-13-9/h6-8H,2-5H2,1H3. The molecule has 1 fully saturated rings. The molecule has 1 aromatic heterocycles. The van der Waals surface area contributed by atoms with Crippen molar-refractivity contribution in [2.24, 2.45) is 0 Å². The fourth-order valence-corrected chi connectivity index (χ4v) is 2.07. The maximum Gasteiger partial charge on any atom is 0.274 e. The van der Waals surface area contributed by atoms with Gasteiger partial charge in [0.25, 0.3) is 5.91 Å². The summed E-state index contributed by atoms with van der Waals surface area (Å²) in [7, 11) is 0. The van der Waals surface area contributed by atoms with Crippen molar-refractivity contribution < 1.29 is 4.79 Å². The first-order valence-electron chi connectivity index (χ1n) is 5.47. The highest BCUT2D eigenvalue weighted by Gasteiger charge is 2.24. The molecule has 86 valence electrons. The second-order valence-electron chi connectivity index (χ2n) is 4.07. The van der Waals surface area contributed by atoms with Crippen molar-refractivity contribution in [3.8, 4) is 0 Å². The fourth-order valence-electron chi connectivity index (χ4n) is 1.97. The Hall–Kier alpha value is -1.16. The number of piperidine rings is 1. The molecule has 0 radical (unpaired) electrons. The largest absolute Gasteiger partial charge is 0.335 e. The molecule has 5 heteroatoms. The number of nitrogens with zero attached hydrogens (tertiary/aromatic N) is 3. The molecular formula is C11H14ClN3O. The van der Waals surface area contributed by atoms with Crippen molar-refractivity contribution in [3.05, 3.63) is 23.2 Å². The predicted octanol–water partition coefficient (Wildman–Crippen LogP) is 2.14. The summed E-state index contributed by atoms with van der Waals surface area (Å²) in [5.74, 6) is -0.0450. The van der Waals surface area contributed by atoms with E-state index < -0.39 is 0 Å². The minimum atomic E-state index is -0.0450. The molecule has 1 saturated heterocycles. The van der Waals surface area contributed by atoms with Crippen molar-refractivity contribution in [3.63, 3.8) is 0 Å². The molecule has 0 bridgehead atoms. The van der Waals surface area contributed by atoms with Crippen LogP contribution in [0, 0.1) is 0 Å². The van der Waals surface area contributed by atoms with E-state index in [2.05, 4.69) is 16.9 Å². The SMILES string of the molecule is CC1CCCCN1C(=O)c1cnc(Cl)cn1. The van der Waals surface area contributed by atoms with Crippen LogP contribution in [-0.4, -0.2) is 33.4 Å². The molecule has 1 amide bonds. The Morgan fingerprint density at radius 3 is 2.88 bits per heavy atom. The molecule has 1 atom stereocenters.